The van der Waals surface area contributed by atoms with Gasteiger partial charge in [0.25, 0.3) is 0 Å². The highest BCUT2D eigenvalue weighted by molar-refractivity contribution is 5.44. The van der Waals surface area contributed by atoms with Gasteiger partial charge in [-0.1, -0.05) is 13.0 Å². The zero-order valence-electron chi connectivity index (χ0n) is 9.93. The van der Waals surface area contributed by atoms with Gasteiger partial charge in [0.15, 0.2) is 11.5 Å². The van der Waals surface area contributed by atoms with Crippen LogP contribution in [0.15, 0.2) is 18.2 Å². The lowest BCUT2D eigenvalue weighted by molar-refractivity contribution is 0.0834. The van der Waals surface area contributed by atoms with Gasteiger partial charge in [0, 0.05) is 0 Å². The highest BCUT2D eigenvalue weighted by atomic mass is 16.6. The summed E-state index contributed by atoms with van der Waals surface area (Å²) in [6.45, 7) is 2.98. The number of benzene rings is 1. The molecule has 1 aliphatic rings. The Hall–Kier alpha value is -1.26. The molecule has 0 aromatic heterocycles. The van der Waals surface area contributed by atoms with Crippen molar-refractivity contribution >= 4 is 0 Å². The summed E-state index contributed by atoms with van der Waals surface area (Å²) in [5.74, 6) is 1.71. The highest BCUT2D eigenvalue weighted by Gasteiger charge is 2.16. The summed E-state index contributed by atoms with van der Waals surface area (Å²) in [5, 5.41) is 18.3. The van der Waals surface area contributed by atoms with Gasteiger partial charge in [-0.3, -0.25) is 0 Å². The van der Waals surface area contributed by atoms with E-state index in [0.717, 1.165) is 17.1 Å². The predicted octanol–water partition coefficient (Wildman–Crippen LogP) is 1.30. The number of hydrogen-bond acceptors (Lipinski definition) is 4. The monoisotopic (exact) mass is 238 g/mol. The molecule has 1 aromatic rings. The maximum Gasteiger partial charge on any atom is 0.161 e. The molecule has 0 aliphatic carbocycles. The molecule has 2 N–H and O–H groups in total. The minimum atomic E-state index is -0.668. The molecule has 2 unspecified atom stereocenters. The third kappa shape index (κ3) is 2.90. The van der Waals surface area contributed by atoms with Gasteiger partial charge in [0.1, 0.15) is 13.2 Å². The molecule has 0 saturated heterocycles. The fourth-order valence-corrected chi connectivity index (χ4v) is 1.99. The molecule has 94 valence electrons. The van der Waals surface area contributed by atoms with Crippen LogP contribution in [-0.4, -0.2) is 36.1 Å². The second-order valence-corrected chi connectivity index (χ2v) is 4.38. The zero-order valence-corrected chi connectivity index (χ0v) is 9.93. The summed E-state index contributed by atoms with van der Waals surface area (Å²) in [5.41, 5.74) is 1.08. The number of aliphatic hydroxyl groups excluding tert-OH is 2. The quantitative estimate of drug-likeness (QED) is 0.830. The van der Waals surface area contributed by atoms with E-state index < -0.39 is 6.10 Å². The average Bonchev–Trinajstić information content (AvgIpc) is 2.38. The molecule has 1 heterocycles. The fourth-order valence-electron chi connectivity index (χ4n) is 1.99. The number of rotatable bonds is 4. The van der Waals surface area contributed by atoms with Crippen LogP contribution in [0.4, 0.5) is 0 Å². The van der Waals surface area contributed by atoms with E-state index in [2.05, 4.69) is 0 Å². The Morgan fingerprint density at radius 1 is 1.24 bits per heavy atom. The van der Waals surface area contributed by atoms with E-state index in [4.69, 9.17) is 14.6 Å². The molecule has 17 heavy (non-hydrogen) atoms. The Kier molecular flexibility index (Phi) is 3.86. The summed E-state index contributed by atoms with van der Waals surface area (Å²) in [7, 11) is 0. The molecule has 1 aliphatic heterocycles. The van der Waals surface area contributed by atoms with Crippen molar-refractivity contribution in [2.45, 2.75) is 25.4 Å². The number of fused-ring (bicyclic) bond motifs is 1. The van der Waals surface area contributed by atoms with Gasteiger partial charge in [-0.15, -0.1) is 0 Å². The van der Waals surface area contributed by atoms with Gasteiger partial charge >= 0.3 is 0 Å². The first-order valence-electron chi connectivity index (χ1n) is 5.89. The van der Waals surface area contributed by atoms with Crippen molar-refractivity contribution in [3.63, 3.8) is 0 Å². The Balaban J connectivity index is 2.10. The van der Waals surface area contributed by atoms with Crippen LogP contribution in [0.5, 0.6) is 11.5 Å². The minimum Gasteiger partial charge on any atom is -0.486 e. The van der Waals surface area contributed by atoms with Crippen LogP contribution in [0.1, 0.15) is 24.8 Å². The van der Waals surface area contributed by atoms with Crippen molar-refractivity contribution in [3.8, 4) is 11.5 Å². The van der Waals surface area contributed by atoms with Gasteiger partial charge in [-0.25, -0.2) is 0 Å². The smallest absolute Gasteiger partial charge is 0.161 e. The van der Waals surface area contributed by atoms with Gasteiger partial charge in [0.05, 0.1) is 12.7 Å². The Morgan fingerprint density at radius 2 is 1.94 bits per heavy atom. The minimum absolute atomic E-state index is 0.174. The summed E-state index contributed by atoms with van der Waals surface area (Å²) in [6, 6.07) is 5.82. The summed E-state index contributed by atoms with van der Waals surface area (Å²) < 4.78 is 11.0. The van der Waals surface area contributed by atoms with Crippen LogP contribution in [0, 0.1) is 0 Å². The van der Waals surface area contributed by atoms with E-state index in [-0.39, 0.29) is 12.5 Å². The van der Waals surface area contributed by atoms with Crippen molar-refractivity contribution in [3.05, 3.63) is 23.8 Å². The van der Waals surface area contributed by atoms with E-state index >= 15 is 0 Å². The van der Waals surface area contributed by atoms with Gasteiger partial charge < -0.3 is 19.7 Å². The number of aliphatic hydroxyl groups is 2. The van der Waals surface area contributed by atoms with E-state index in [1.165, 1.54) is 0 Å². The molecule has 0 bridgehead atoms. The molecular formula is C13H18O4. The van der Waals surface area contributed by atoms with Crippen molar-refractivity contribution in [1.82, 2.24) is 0 Å². The average molecular weight is 238 g/mol. The standard InChI is InChI=1S/C13H18O4/c1-9(6-11(15)8-14)10-2-3-12-13(7-10)17-5-4-16-12/h2-3,7,9,11,14-15H,4-6,8H2,1H3. The lowest BCUT2D eigenvalue weighted by atomic mass is 9.95. The van der Waals surface area contributed by atoms with Crippen LogP contribution >= 0.6 is 0 Å². The second kappa shape index (κ2) is 5.38. The van der Waals surface area contributed by atoms with Crippen molar-refractivity contribution in [1.29, 1.82) is 0 Å². The van der Waals surface area contributed by atoms with Crippen LogP contribution in [0.2, 0.25) is 0 Å². The second-order valence-electron chi connectivity index (χ2n) is 4.38. The highest BCUT2D eigenvalue weighted by Crippen LogP contribution is 2.34. The number of ether oxygens (including phenoxy) is 2. The molecule has 0 radical (unpaired) electrons. The van der Waals surface area contributed by atoms with Gasteiger partial charge in [-0.2, -0.15) is 0 Å². The number of hydrogen-bond donors (Lipinski definition) is 2. The van der Waals surface area contributed by atoms with Gasteiger partial charge in [-0.05, 0) is 30.0 Å². The van der Waals surface area contributed by atoms with Crippen LogP contribution < -0.4 is 9.47 Å². The largest absolute Gasteiger partial charge is 0.486 e. The predicted molar refractivity (Wildman–Crippen MR) is 63.6 cm³/mol. The molecule has 2 rings (SSSR count). The lowest BCUT2D eigenvalue weighted by Crippen LogP contribution is -2.17. The van der Waals surface area contributed by atoms with E-state index in [1.54, 1.807) is 0 Å². The first-order chi connectivity index (χ1) is 8.20. The molecule has 4 nitrogen and oxygen atoms in total. The van der Waals surface area contributed by atoms with Crippen molar-refractivity contribution in [2.75, 3.05) is 19.8 Å². The zero-order chi connectivity index (χ0) is 12.3. The van der Waals surface area contributed by atoms with E-state index in [1.807, 2.05) is 25.1 Å². The lowest BCUT2D eigenvalue weighted by Gasteiger charge is -2.21. The molecule has 0 amide bonds. The fraction of sp³-hybridized carbons (Fsp3) is 0.538. The van der Waals surface area contributed by atoms with Crippen molar-refractivity contribution in [2.24, 2.45) is 0 Å². The molecule has 0 fully saturated rings. The van der Waals surface area contributed by atoms with Crippen LogP contribution in [0.25, 0.3) is 0 Å². The van der Waals surface area contributed by atoms with E-state index in [9.17, 15) is 5.11 Å². The summed E-state index contributed by atoms with van der Waals surface area (Å²) >= 11 is 0. The first kappa shape index (κ1) is 12.2. The third-order valence-corrected chi connectivity index (χ3v) is 2.97. The molecule has 4 heteroatoms. The van der Waals surface area contributed by atoms with E-state index in [0.29, 0.717) is 19.6 Å². The third-order valence-electron chi connectivity index (χ3n) is 2.97. The van der Waals surface area contributed by atoms with Crippen molar-refractivity contribution < 1.29 is 19.7 Å². The SMILES string of the molecule is CC(CC(O)CO)c1ccc2c(c1)OCCO2. The summed E-state index contributed by atoms with van der Waals surface area (Å²) in [4.78, 5) is 0. The summed E-state index contributed by atoms with van der Waals surface area (Å²) in [6.07, 6.45) is -0.130. The maximum absolute atomic E-state index is 9.42. The molecular weight excluding hydrogens is 220 g/mol. The molecule has 1 aromatic carbocycles. The Labute approximate surface area is 101 Å². The maximum atomic E-state index is 9.42. The molecule has 0 spiro atoms. The molecule has 0 saturated carbocycles. The Bertz CT molecular complexity index is 378. The first-order valence-corrected chi connectivity index (χ1v) is 5.89. The van der Waals surface area contributed by atoms with Crippen LogP contribution in [0.3, 0.4) is 0 Å². The van der Waals surface area contributed by atoms with Gasteiger partial charge in [0.2, 0.25) is 0 Å². The molecule has 2 atom stereocenters. The normalized spacial score (nSPS) is 17.6. The topological polar surface area (TPSA) is 58.9 Å². The van der Waals surface area contributed by atoms with Crippen LogP contribution in [-0.2, 0) is 0 Å². The Morgan fingerprint density at radius 3 is 2.65 bits per heavy atom.